The first-order valence-electron chi connectivity index (χ1n) is 5.20. The maximum absolute atomic E-state index is 10.4. The average molecular weight is 223 g/mol. The number of benzene rings is 1. The zero-order valence-electron chi connectivity index (χ0n) is 9.56. The third kappa shape index (κ3) is 4.31. The van der Waals surface area contributed by atoms with E-state index in [1.807, 2.05) is 31.2 Å². The quantitative estimate of drug-likeness (QED) is 0.763. The van der Waals surface area contributed by atoms with Crippen molar-refractivity contribution in [3.8, 4) is 5.75 Å². The van der Waals surface area contributed by atoms with Gasteiger partial charge in [0.15, 0.2) is 0 Å². The molecule has 88 valence electrons. The van der Waals surface area contributed by atoms with Crippen LogP contribution in [0, 0.1) is 0 Å². The lowest BCUT2D eigenvalue weighted by molar-refractivity contribution is -0.136. The Morgan fingerprint density at radius 3 is 2.56 bits per heavy atom. The molecule has 0 aliphatic carbocycles. The van der Waals surface area contributed by atoms with Crippen molar-refractivity contribution in [1.82, 2.24) is 5.32 Å². The van der Waals surface area contributed by atoms with Gasteiger partial charge < -0.3 is 15.2 Å². The first-order chi connectivity index (χ1) is 7.61. The van der Waals surface area contributed by atoms with E-state index in [4.69, 9.17) is 9.84 Å². The Kier molecular flexibility index (Phi) is 4.79. The third-order valence-corrected chi connectivity index (χ3v) is 2.30. The molecule has 0 spiro atoms. The topological polar surface area (TPSA) is 58.6 Å². The van der Waals surface area contributed by atoms with Gasteiger partial charge in [0.2, 0.25) is 0 Å². The number of hydrogen-bond acceptors (Lipinski definition) is 3. The number of methoxy groups -OCH3 is 1. The molecule has 0 saturated heterocycles. The van der Waals surface area contributed by atoms with Crippen molar-refractivity contribution in [2.75, 3.05) is 13.7 Å². The number of hydrogen-bond donors (Lipinski definition) is 2. The van der Waals surface area contributed by atoms with Crippen LogP contribution in [-0.4, -0.2) is 30.8 Å². The van der Waals surface area contributed by atoms with Gasteiger partial charge in [-0.05, 0) is 31.0 Å². The number of carbonyl (C=O) groups is 1. The summed E-state index contributed by atoms with van der Waals surface area (Å²) in [6, 6.07) is 7.91. The van der Waals surface area contributed by atoms with Crippen LogP contribution < -0.4 is 10.1 Å². The van der Waals surface area contributed by atoms with E-state index in [2.05, 4.69) is 5.32 Å². The van der Waals surface area contributed by atoms with Crippen LogP contribution in [0.1, 0.15) is 12.5 Å². The predicted octanol–water partition coefficient (Wildman–Crippen LogP) is 1.30. The van der Waals surface area contributed by atoms with Gasteiger partial charge in [0.25, 0.3) is 0 Å². The summed E-state index contributed by atoms with van der Waals surface area (Å²) in [7, 11) is 1.63. The van der Waals surface area contributed by atoms with Crippen LogP contribution in [0.4, 0.5) is 0 Å². The molecule has 0 heterocycles. The molecule has 1 aromatic rings. The molecule has 1 atom stereocenters. The molecule has 0 aromatic heterocycles. The zero-order chi connectivity index (χ0) is 12.0. The van der Waals surface area contributed by atoms with Crippen molar-refractivity contribution in [3.05, 3.63) is 29.8 Å². The Morgan fingerprint density at radius 2 is 2.06 bits per heavy atom. The van der Waals surface area contributed by atoms with Crippen LogP contribution in [0.3, 0.4) is 0 Å². The van der Waals surface area contributed by atoms with Crippen LogP contribution in [0.15, 0.2) is 24.3 Å². The number of nitrogens with one attached hydrogen (secondary N) is 1. The van der Waals surface area contributed by atoms with Crippen molar-refractivity contribution in [1.29, 1.82) is 0 Å². The molecule has 0 saturated carbocycles. The molecular formula is C12H17NO3. The first-order valence-corrected chi connectivity index (χ1v) is 5.20. The van der Waals surface area contributed by atoms with Crippen molar-refractivity contribution in [2.24, 2.45) is 0 Å². The number of carboxylic acids is 1. The highest BCUT2D eigenvalue weighted by Gasteiger charge is 2.05. The fraction of sp³-hybridized carbons (Fsp3) is 0.417. The molecule has 4 heteroatoms. The smallest absolute Gasteiger partial charge is 0.317 e. The molecule has 0 amide bonds. The molecule has 0 fully saturated rings. The normalized spacial score (nSPS) is 12.1. The van der Waals surface area contributed by atoms with Gasteiger partial charge in [-0.3, -0.25) is 4.79 Å². The van der Waals surface area contributed by atoms with Gasteiger partial charge in [-0.15, -0.1) is 0 Å². The fourth-order valence-electron chi connectivity index (χ4n) is 1.45. The molecule has 2 N–H and O–H groups in total. The van der Waals surface area contributed by atoms with E-state index in [9.17, 15) is 4.79 Å². The maximum Gasteiger partial charge on any atom is 0.317 e. The highest BCUT2D eigenvalue weighted by molar-refractivity contribution is 5.69. The summed E-state index contributed by atoms with van der Waals surface area (Å²) in [4.78, 5) is 10.4. The lowest BCUT2D eigenvalue weighted by atomic mass is 10.1. The number of aliphatic carboxylic acids is 1. The van der Waals surface area contributed by atoms with E-state index < -0.39 is 5.97 Å². The SMILES string of the molecule is COc1ccc(CC(C)NCC(=O)O)cc1. The van der Waals surface area contributed by atoms with Gasteiger partial charge in [-0.25, -0.2) is 0 Å². The van der Waals surface area contributed by atoms with Gasteiger partial charge in [0.05, 0.1) is 13.7 Å². The van der Waals surface area contributed by atoms with Crippen molar-refractivity contribution in [2.45, 2.75) is 19.4 Å². The molecule has 0 aliphatic rings. The Hall–Kier alpha value is -1.55. The molecule has 4 nitrogen and oxygen atoms in total. The summed E-state index contributed by atoms with van der Waals surface area (Å²) in [5.41, 5.74) is 1.16. The van der Waals surface area contributed by atoms with Crippen molar-refractivity contribution < 1.29 is 14.6 Å². The van der Waals surface area contributed by atoms with Gasteiger partial charge >= 0.3 is 5.97 Å². The Labute approximate surface area is 95.2 Å². The van der Waals surface area contributed by atoms with E-state index in [0.29, 0.717) is 0 Å². The summed E-state index contributed by atoms with van der Waals surface area (Å²) in [5.74, 6) is -0.00326. The second-order valence-corrected chi connectivity index (χ2v) is 3.73. The van der Waals surface area contributed by atoms with E-state index >= 15 is 0 Å². The maximum atomic E-state index is 10.4. The van der Waals surface area contributed by atoms with Crippen LogP contribution in [-0.2, 0) is 11.2 Å². The monoisotopic (exact) mass is 223 g/mol. The largest absolute Gasteiger partial charge is 0.497 e. The lowest BCUT2D eigenvalue weighted by Gasteiger charge is -2.12. The van der Waals surface area contributed by atoms with Gasteiger partial charge in [0, 0.05) is 6.04 Å². The summed E-state index contributed by atoms with van der Waals surface area (Å²) in [6.45, 7) is 1.96. The van der Waals surface area contributed by atoms with Crippen molar-refractivity contribution >= 4 is 5.97 Å². The minimum absolute atomic E-state index is 0.00266. The lowest BCUT2D eigenvalue weighted by Crippen LogP contribution is -2.32. The van der Waals surface area contributed by atoms with Crippen LogP contribution >= 0.6 is 0 Å². The Balaban J connectivity index is 2.43. The third-order valence-electron chi connectivity index (χ3n) is 2.30. The number of rotatable bonds is 6. The summed E-state index contributed by atoms with van der Waals surface area (Å²) in [6.07, 6.45) is 0.803. The van der Waals surface area contributed by atoms with Crippen LogP contribution in [0.5, 0.6) is 5.75 Å². The molecule has 0 bridgehead atoms. The predicted molar refractivity (Wildman–Crippen MR) is 61.8 cm³/mol. The summed E-state index contributed by atoms with van der Waals surface area (Å²) < 4.78 is 5.06. The van der Waals surface area contributed by atoms with E-state index in [-0.39, 0.29) is 12.6 Å². The van der Waals surface area contributed by atoms with E-state index in [0.717, 1.165) is 17.7 Å². The molecule has 1 aromatic carbocycles. The number of ether oxygens (including phenoxy) is 1. The minimum Gasteiger partial charge on any atom is -0.497 e. The van der Waals surface area contributed by atoms with E-state index in [1.165, 1.54) is 0 Å². The summed E-state index contributed by atoms with van der Waals surface area (Å²) >= 11 is 0. The minimum atomic E-state index is -0.832. The Morgan fingerprint density at radius 1 is 1.44 bits per heavy atom. The standard InChI is InChI=1S/C12H17NO3/c1-9(13-8-12(14)15)7-10-3-5-11(16-2)6-4-10/h3-6,9,13H,7-8H2,1-2H3,(H,14,15). The molecule has 0 radical (unpaired) electrons. The van der Waals surface area contributed by atoms with Gasteiger partial charge in [-0.1, -0.05) is 12.1 Å². The molecule has 16 heavy (non-hydrogen) atoms. The molecular weight excluding hydrogens is 206 g/mol. The Bertz CT molecular complexity index is 335. The highest BCUT2D eigenvalue weighted by Crippen LogP contribution is 2.12. The van der Waals surface area contributed by atoms with E-state index in [1.54, 1.807) is 7.11 Å². The average Bonchev–Trinajstić information content (AvgIpc) is 2.27. The van der Waals surface area contributed by atoms with Gasteiger partial charge in [0.1, 0.15) is 5.75 Å². The van der Waals surface area contributed by atoms with Gasteiger partial charge in [-0.2, -0.15) is 0 Å². The van der Waals surface area contributed by atoms with Crippen LogP contribution in [0.25, 0.3) is 0 Å². The van der Waals surface area contributed by atoms with Crippen LogP contribution in [0.2, 0.25) is 0 Å². The highest BCUT2D eigenvalue weighted by atomic mass is 16.5. The molecule has 0 aliphatic heterocycles. The molecule has 1 unspecified atom stereocenters. The molecule has 1 rings (SSSR count). The second-order valence-electron chi connectivity index (χ2n) is 3.73. The first kappa shape index (κ1) is 12.5. The second kappa shape index (κ2) is 6.12. The fourth-order valence-corrected chi connectivity index (χ4v) is 1.45. The zero-order valence-corrected chi connectivity index (χ0v) is 9.56. The van der Waals surface area contributed by atoms with Crippen molar-refractivity contribution in [3.63, 3.8) is 0 Å². The number of carboxylic acid groups (broad SMARTS) is 1. The summed E-state index contributed by atoms with van der Waals surface area (Å²) in [5, 5.41) is 11.4.